The monoisotopic (exact) mass is 208 g/mol. The van der Waals surface area contributed by atoms with Gasteiger partial charge in [0.15, 0.2) is 0 Å². The van der Waals surface area contributed by atoms with Crippen LogP contribution >= 0.6 is 0 Å². The average molecular weight is 208 g/mol. The number of nitrogen functional groups attached to an aromatic ring is 1. The van der Waals surface area contributed by atoms with Crippen molar-refractivity contribution in [1.82, 2.24) is 0 Å². The van der Waals surface area contributed by atoms with Crippen LogP contribution in [0.1, 0.15) is 11.1 Å². The fraction of sp³-hybridized carbons (Fsp3) is 0.0714. The van der Waals surface area contributed by atoms with Crippen molar-refractivity contribution in [2.75, 3.05) is 5.73 Å². The number of nitriles is 1. The van der Waals surface area contributed by atoms with E-state index in [1.54, 1.807) is 6.07 Å². The van der Waals surface area contributed by atoms with Gasteiger partial charge in [0.05, 0.1) is 11.3 Å². The van der Waals surface area contributed by atoms with Crippen molar-refractivity contribution in [2.24, 2.45) is 0 Å². The number of hydrogen-bond acceptors (Lipinski definition) is 2. The molecule has 0 aromatic heterocycles. The predicted octanol–water partition coefficient (Wildman–Crippen LogP) is 3.12. The van der Waals surface area contributed by atoms with Crippen molar-refractivity contribution in [3.8, 4) is 17.2 Å². The standard InChI is InChI=1S/C14H12N2/c1-10-5-7-11(8-6-10)13-4-2-3-12(9-15)14(13)16/h2-8H,16H2,1H3. The van der Waals surface area contributed by atoms with E-state index in [0.29, 0.717) is 11.3 Å². The molecule has 0 saturated heterocycles. The van der Waals surface area contributed by atoms with Gasteiger partial charge in [-0.1, -0.05) is 42.0 Å². The van der Waals surface area contributed by atoms with Crippen molar-refractivity contribution >= 4 is 5.69 Å². The molecule has 0 radical (unpaired) electrons. The van der Waals surface area contributed by atoms with Crippen molar-refractivity contribution in [3.05, 3.63) is 53.6 Å². The highest BCUT2D eigenvalue weighted by Gasteiger charge is 2.05. The molecule has 2 aromatic rings. The Morgan fingerprint density at radius 2 is 1.75 bits per heavy atom. The molecule has 78 valence electrons. The third kappa shape index (κ3) is 1.76. The molecule has 0 aliphatic rings. The largest absolute Gasteiger partial charge is 0.397 e. The second-order valence-electron chi connectivity index (χ2n) is 3.74. The topological polar surface area (TPSA) is 49.8 Å². The summed E-state index contributed by atoms with van der Waals surface area (Å²) in [7, 11) is 0. The molecular formula is C14H12N2. The maximum absolute atomic E-state index is 8.90. The molecule has 0 amide bonds. The Balaban J connectivity index is 2.57. The van der Waals surface area contributed by atoms with Crippen molar-refractivity contribution in [2.45, 2.75) is 6.92 Å². The van der Waals surface area contributed by atoms with Gasteiger partial charge >= 0.3 is 0 Å². The Kier molecular flexibility index (Phi) is 2.61. The van der Waals surface area contributed by atoms with Gasteiger partial charge in [-0.15, -0.1) is 0 Å². The summed E-state index contributed by atoms with van der Waals surface area (Å²) in [6.07, 6.45) is 0. The maximum Gasteiger partial charge on any atom is 0.101 e. The fourth-order valence-corrected chi connectivity index (χ4v) is 1.65. The van der Waals surface area contributed by atoms with Crippen LogP contribution < -0.4 is 5.73 Å². The third-order valence-corrected chi connectivity index (χ3v) is 2.59. The van der Waals surface area contributed by atoms with E-state index in [-0.39, 0.29) is 0 Å². The lowest BCUT2D eigenvalue weighted by molar-refractivity contribution is 1.46. The highest BCUT2D eigenvalue weighted by Crippen LogP contribution is 2.28. The lowest BCUT2D eigenvalue weighted by Crippen LogP contribution is -1.93. The summed E-state index contributed by atoms with van der Waals surface area (Å²) in [5.74, 6) is 0. The molecule has 2 N–H and O–H groups in total. The predicted molar refractivity (Wildman–Crippen MR) is 65.7 cm³/mol. The lowest BCUT2D eigenvalue weighted by Gasteiger charge is -2.07. The van der Waals surface area contributed by atoms with Gasteiger partial charge in [0.2, 0.25) is 0 Å². The Labute approximate surface area is 95.0 Å². The minimum Gasteiger partial charge on any atom is -0.397 e. The van der Waals surface area contributed by atoms with Crippen LogP contribution in [0.3, 0.4) is 0 Å². The first-order chi connectivity index (χ1) is 7.72. The van der Waals surface area contributed by atoms with Crippen LogP contribution in [0.15, 0.2) is 42.5 Å². The van der Waals surface area contributed by atoms with Crippen LogP contribution in [0, 0.1) is 18.3 Å². The van der Waals surface area contributed by atoms with Crippen molar-refractivity contribution < 1.29 is 0 Å². The van der Waals surface area contributed by atoms with Gasteiger partial charge in [-0.2, -0.15) is 5.26 Å². The third-order valence-electron chi connectivity index (χ3n) is 2.59. The molecule has 2 rings (SSSR count). The van der Waals surface area contributed by atoms with Gasteiger partial charge in [0.1, 0.15) is 6.07 Å². The molecule has 0 unspecified atom stereocenters. The lowest BCUT2D eigenvalue weighted by atomic mass is 10.00. The minimum atomic E-state index is 0.526. The number of benzene rings is 2. The summed E-state index contributed by atoms with van der Waals surface area (Å²) in [5.41, 5.74) is 10.2. The van der Waals surface area contributed by atoms with Crippen LogP contribution in [0.4, 0.5) is 5.69 Å². The van der Waals surface area contributed by atoms with Gasteiger partial charge in [0, 0.05) is 5.56 Å². The van der Waals surface area contributed by atoms with Gasteiger partial charge in [-0.25, -0.2) is 0 Å². The van der Waals surface area contributed by atoms with E-state index in [1.165, 1.54) is 5.56 Å². The molecule has 0 saturated carbocycles. The Morgan fingerprint density at radius 3 is 2.38 bits per heavy atom. The zero-order valence-corrected chi connectivity index (χ0v) is 9.07. The summed E-state index contributed by atoms with van der Waals surface area (Å²) >= 11 is 0. The van der Waals surface area contributed by atoms with Gasteiger partial charge in [-0.3, -0.25) is 0 Å². The normalized spacial score (nSPS) is 9.75. The number of rotatable bonds is 1. The molecule has 0 atom stereocenters. The van der Waals surface area contributed by atoms with Gasteiger partial charge < -0.3 is 5.73 Å². The van der Waals surface area contributed by atoms with Crippen LogP contribution in [0.2, 0.25) is 0 Å². The molecule has 2 heteroatoms. The summed E-state index contributed by atoms with van der Waals surface area (Å²) in [4.78, 5) is 0. The van der Waals surface area contributed by atoms with Crippen molar-refractivity contribution in [3.63, 3.8) is 0 Å². The van der Waals surface area contributed by atoms with E-state index in [1.807, 2.05) is 43.3 Å². The summed E-state index contributed by atoms with van der Waals surface area (Å²) in [5, 5.41) is 8.90. The van der Waals surface area contributed by atoms with Crippen LogP contribution in [0.5, 0.6) is 0 Å². The second-order valence-corrected chi connectivity index (χ2v) is 3.74. The SMILES string of the molecule is Cc1ccc(-c2cccc(C#N)c2N)cc1. The molecule has 0 fully saturated rings. The molecule has 0 heterocycles. The molecular weight excluding hydrogens is 196 g/mol. The first kappa shape index (κ1) is 10.3. The van der Waals surface area contributed by atoms with E-state index >= 15 is 0 Å². The van der Waals surface area contributed by atoms with E-state index in [0.717, 1.165) is 11.1 Å². The van der Waals surface area contributed by atoms with Gasteiger partial charge in [-0.05, 0) is 18.6 Å². The number of nitrogens with two attached hydrogens (primary N) is 1. The highest BCUT2D eigenvalue weighted by molar-refractivity contribution is 5.80. The Morgan fingerprint density at radius 1 is 1.06 bits per heavy atom. The molecule has 16 heavy (non-hydrogen) atoms. The first-order valence-corrected chi connectivity index (χ1v) is 5.08. The zero-order chi connectivity index (χ0) is 11.5. The molecule has 2 nitrogen and oxygen atoms in total. The number of nitrogens with zero attached hydrogens (tertiary/aromatic N) is 1. The van der Waals surface area contributed by atoms with E-state index in [4.69, 9.17) is 11.0 Å². The quantitative estimate of drug-likeness (QED) is 0.732. The van der Waals surface area contributed by atoms with E-state index < -0.39 is 0 Å². The molecule has 2 aromatic carbocycles. The molecule has 0 bridgehead atoms. The van der Waals surface area contributed by atoms with Crippen molar-refractivity contribution in [1.29, 1.82) is 5.26 Å². The molecule has 0 spiro atoms. The highest BCUT2D eigenvalue weighted by atomic mass is 14.6. The summed E-state index contributed by atoms with van der Waals surface area (Å²) in [6, 6.07) is 15.7. The minimum absolute atomic E-state index is 0.526. The zero-order valence-electron chi connectivity index (χ0n) is 9.07. The van der Waals surface area contributed by atoms with Crippen LogP contribution in [-0.2, 0) is 0 Å². The number of aryl methyl sites for hydroxylation is 1. The Bertz CT molecular complexity index is 548. The summed E-state index contributed by atoms with van der Waals surface area (Å²) in [6.45, 7) is 2.04. The van der Waals surface area contributed by atoms with Gasteiger partial charge in [0.25, 0.3) is 0 Å². The smallest absolute Gasteiger partial charge is 0.101 e. The van der Waals surface area contributed by atoms with E-state index in [9.17, 15) is 0 Å². The maximum atomic E-state index is 8.90. The average Bonchev–Trinajstić information content (AvgIpc) is 2.31. The fourth-order valence-electron chi connectivity index (χ4n) is 1.65. The Hall–Kier alpha value is -2.27. The molecule has 0 aliphatic heterocycles. The van der Waals surface area contributed by atoms with Crippen LogP contribution in [0.25, 0.3) is 11.1 Å². The van der Waals surface area contributed by atoms with Crippen LogP contribution in [-0.4, -0.2) is 0 Å². The number of hydrogen-bond donors (Lipinski definition) is 1. The number of para-hydroxylation sites is 1. The number of anilines is 1. The molecule has 0 aliphatic carbocycles. The summed E-state index contributed by atoms with van der Waals surface area (Å²) < 4.78 is 0. The van der Waals surface area contributed by atoms with E-state index in [2.05, 4.69) is 6.07 Å². The second kappa shape index (κ2) is 4.08. The first-order valence-electron chi connectivity index (χ1n) is 5.08.